The quantitative estimate of drug-likeness (QED) is 0.759. The third-order valence-electron chi connectivity index (χ3n) is 4.39. The van der Waals surface area contributed by atoms with Crippen LogP contribution in [0.3, 0.4) is 0 Å². The smallest absolute Gasteiger partial charge is 0.227 e. The Hall–Kier alpha value is -1.71. The van der Waals surface area contributed by atoms with Crippen LogP contribution in [0.4, 0.5) is 5.69 Å². The first-order valence-corrected chi connectivity index (χ1v) is 6.44. The van der Waals surface area contributed by atoms with Crippen LogP contribution in [0, 0.1) is 5.92 Å². The predicted octanol–water partition coefficient (Wildman–Crippen LogP) is 1.97. The molecule has 18 heavy (non-hydrogen) atoms. The molecule has 0 unspecified atom stereocenters. The zero-order valence-electron chi connectivity index (χ0n) is 10.3. The SMILES string of the molecule is COc1ccc2c(c1)O[C@@H]1CC[C@@H]3CC(=O)N2[C@@H]31. The van der Waals surface area contributed by atoms with Gasteiger partial charge in [-0.05, 0) is 30.9 Å². The lowest BCUT2D eigenvalue weighted by Gasteiger charge is -2.36. The lowest BCUT2D eigenvalue weighted by molar-refractivity contribution is -0.117. The van der Waals surface area contributed by atoms with E-state index in [2.05, 4.69) is 0 Å². The number of ether oxygens (including phenoxy) is 2. The molecule has 3 atom stereocenters. The second-order valence-corrected chi connectivity index (χ2v) is 5.29. The number of nitrogens with zero attached hydrogens (tertiary/aromatic N) is 1. The molecule has 1 amide bonds. The minimum absolute atomic E-state index is 0.168. The Morgan fingerprint density at radius 2 is 2.28 bits per heavy atom. The average Bonchev–Trinajstić information content (AvgIpc) is 2.92. The first-order chi connectivity index (χ1) is 8.78. The van der Waals surface area contributed by atoms with Crippen molar-refractivity contribution < 1.29 is 14.3 Å². The van der Waals surface area contributed by atoms with E-state index in [1.807, 2.05) is 23.1 Å². The van der Waals surface area contributed by atoms with Gasteiger partial charge in [-0.15, -0.1) is 0 Å². The molecule has 0 radical (unpaired) electrons. The fourth-order valence-corrected chi connectivity index (χ4v) is 3.61. The fraction of sp³-hybridized carbons (Fsp3) is 0.500. The summed E-state index contributed by atoms with van der Waals surface area (Å²) in [5.41, 5.74) is 0.909. The summed E-state index contributed by atoms with van der Waals surface area (Å²) in [5, 5.41) is 0. The predicted molar refractivity (Wildman–Crippen MR) is 66.0 cm³/mol. The minimum atomic E-state index is 0.168. The van der Waals surface area contributed by atoms with Crippen LogP contribution in [0.25, 0.3) is 0 Å². The van der Waals surface area contributed by atoms with Crippen molar-refractivity contribution in [3.05, 3.63) is 18.2 Å². The number of carbonyl (C=O) groups is 1. The molecule has 4 rings (SSSR count). The van der Waals surface area contributed by atoms with E-state index in [1.54, 1.807) is 7.11 Å². The van der Waals surface area contributed by atoms with E-state index in [0.29, 0.717) is 12.3 Å². The second-order valence-electron chi connectivity index (χ2n) is 5.29. The summed E-state index contributed by atoms with van der Waals surface area (Å²) in [6.07, 6.45) is 3.00. The number of benzene rings is 1. The zero-order chi connectivity index (χ0) is 12.3. The van der Waals surface area contributed by atoms with Crippen molar-refractivity contribution in [2.45, 2.75) is 31.4 Å². The van der Waals surface area contributed by atoms with Gasteiger partial charge in [0.05, 0.1) is 18.8 Å². The van der Waals surface area contributed by atoms with Crippen LogP contribution in [0.1, 0.15) is 19.3 Å². The standard InChI is InChI=1S/C14H15NO3/c1-17-9-3-4-10-12(7-9)18-11-5-2-8-6-13(16)15(10)14(8)11/h3-4,7-8,11,14H,2,5-6H2,1H3/t8-,11-,14+/m1/s1. The molecular weight excluding hydrogens is 230 g/mol. The van der Waals surface area contributed by atoms with Gasteiger partial charge < -0.3 is 14.4 Å². The van der Waals surface area contributed by atoms with Gasteiger partial charge in [0.1, 0.15) is 17.6 Å². The Labute approximate surface area is 105 Å². The molecule has 1 saturated heterocycles. The molecule has 2 aliphatic heterocycles. The summed E-state index contributed by atoms with van der Waals surface area (Å²) in [6.45, 7) is 0. The van der Waals surface area contributed by atoms with E-state index in [0.717, 1.165) is 30.0 Å². The van der Waals surface area contributed by atoms with Crippen molar-refractivity contribution in [1.82, 2.24) is 0 Å². The van der Waals surface area contributed by atoms with Crippen molar-refractivity contribution in [2.75, 3.05) is 12.0 Å². The highest BCUT2D eigenvalue weighted by Crippen LogP contribution is 2.49. The molecule has 94 valence electrons. The van der Waals surface area contributed by atoms with E-state index < -0.39 is 0 Å². The lowest BCUT2D eigenvalue weighted by Crippen LogP contribution is -2.46. The highest BCUT2D eigenvalue weighted by Gasteiger charge is 2.52. The summed E-state index contributed by atoms with van der Waals surface area (Å²) in [5.74, 6) is 2.28. The van der Waals surface area contributed by atoms with Gasteiger partial charge in [-0.3, -0.25) is 4.79 Å². The van der Waals surface area contributed by atoms with Gasteiger partial charge in [0.2, 0.25) is 5.91 Å². The van der Waals surface area contributed by atoms with Gasteiger partial charge in [-0.25, -0.2) is 0 Å². The molecule has 0 aromatic heterocycles. The molecule has 2 heterocycles. The zero-order valence-corrected chi connectivity index (χ0v) is 10.3. The number of rotatable bonds is 1. The molecule has 1 aliphatic carbocycles. The van der Waals surface area contributed by atoms with E-state index in [1.165, 1.54) is 0 Å². The number of methoxy groups -OCH3 is 1. The lowest BCUT2D eigenvalue weighted by atomic mass is 10.0. The molecule has 0 N–H and O–H groups in total. The Kier molecular flexibility index (Phi) is 1.93. The molecule has 3 aliphatic rings. The van der Waals surface area contributed by atoms with E-state index >= 15 is 0 Å². The normalized spacial score (nSPS) is 31.9. The average molecular weight is 245 g/mol. The van der Waals surface area contributed by atoms with E-state index in [9.17, 15) is 4.79 Å². The van der Waals surface area contributed by atoms with Crippen molar-refractivity contribution in [3.63, 3.8) is 0 Å². The van der Waals surface area contributed by atoms with Gasteiger partial charge in [0.15, 0.2) is 0 Å². The van der Waals surface area contributed by atoms with Gasteiger partial charge >= 0.3 is 0 Å². The van der Waals surface area contributed by atoms with Crippen LogP contribution in [0.15, 0.2) is 18.2 Å². The fourth-order valence-electron chi connectivity index (χ4n) is 3.61. The highest BCUT2D eigenvalue weighted by atomic mass is 16.5. The molecule has 1 aromatic carbocycles. The van der Waals surface area contributed by atoms with Gasteiger partial charge in [0, 0.05) is 12.5 Å². The third kappa shape index (κ3) is 1.18. The Balaban J connectivity index is 1.84. The largest absolute Gasteiger partial charge is 0.497 e. The summed E-state index contributed by atoms with van der Waals surface area (Å²) in [7, 11) is 1.64. The maximum absolute atomic E-state index is 12.2. The van der Waals surface area contributed by atoms with Gasteiger partial charge in [0.25, 0.3) is 0 Å². The number of hydrogen-bond acceptors (Lipinski definition) is 3. The molecule has 2 fully saturated rings. The van der Waals surface area contributed by atoms with Crippen molar-refractivity contribution in [1.29, 1.82) is 0 Å². The molecule has 0 bridgehead atoms. The van der Waals surface area contributed by atoms with Crippen LogP contribution in [-0.2, 0) is 4.79 Å². The Morgan fingerprint density at radius 1 is 1.39 bits per heavy atom. The molecule has 1 aromatic rings. The molecule has 0 spiro atoms. The van der Waals surface area contributed by atoms with Crippen molar-refractivity contribution in [2.24, 2.45) is 5.92 Å². The van der Waals surface area contributed by atoms with Crippen LogP contribution >= 0.6 is 0 Å². The molecule has 4 heteroatoms. The number of fused-ring (bicyclic) bond motifs is 2. The first kappa shape index (κ1) is 10.2. The van der Waals surface area contributed by atoms with Gasteiger partial charge in [-0.1, -0.05) is 0 Å². The summed E-state index contributed by atoms with van der Waals surface area (Å²) >= 11 is 0. The number of hydrogen-bond donors (Lipinski definition) is 0. The van der Waals surface area contributed by atoms with E-state index in [-0.39, 0.29) is 18.1 Å². The maximum atomic E-state index is 12.2. The number of carbonyl (C=O) groups excluding carboxylic acids is 1. The second kappa shape index (κ2) is 3.40. The first-order valence-electron chi connectivity index (χ1n) is 6.44. The summed E-state index contributed by atoms with van der Waals surface area (Å²) in [6, 6.07) is 5.96. The summed E-state index contributed by atoms with van der Waals surface area (Å²) in [4.78, 5) is 14.1. The molecule has 1 saturated carbocycles. The van der Waals surface area contributed by atoms with E-state index in [4.69, 9.17) is 9.47 Å². The maximum Gasteiger partial charge on any atom is 0.227 e. The Bertz CT molecular complexity index is 528. The van der Waals surface area contributed by atoms with Crippen LogP contribution in [0.2, 0.25) is 0 Å². The number of anilines is 1. The van der Waals surface area contributed by atoms with Crippen LogP contribution in [-0.4, -0.2) is 25.2 Å². The summed E-state index contributed by atoms with van der Waals surface area (Å²) < 4.78 is 11.3. The molecule has 4 nitrogen and oxygen atoms in total. The van der Waals surface area contributed by atoms with Gasteiger partial charge in [-0.2, -0.15) is 0 Å². The monoisotopic (exact) mass is 245 g/mol. The van der Waals surface area contributed by atoms with Crippen molar-refractivity contribution in [3.8, 4) is 11.5 Å². The Morgan fingerprint density at radius 3 is 3.11 bits per heavy atom. The molecular formula is C14H15NO3. The van der Waals surface area contributed by atoms with Crippen molar-refractivity contribution >= 4 is 11.6 Å². The van der Waals surface area contributed by atoms with Crippen LogP contribution < -0.4 is 14.4 Å². The minimum Gasteiger partial charge on any atom is -0.497 e. The highest BCUT2D eigenvalue weighted by molar-refractivity contribution is 5.99. The third-order valence-corrected chi connectivity index (χ3v) is 4.39. The number of amides is 1. The topological polar surface area (TPSA) is 38.8 Å². The van der Waals surface area contributed by atoms with Crippen LogP contribution in [0.5, 0.6) is 11.5 Å².